The number of nitrogens with one attached hydrogen (secondary N) is 1. The van der Waals surface area contributed by atoms with Crippen LogP contribution in [0.25, 0.3) is 0 Å². The summed E-state index contributed by atoms with van der Waals surface area (Å²) >= 11 is 0. The molecule has 2 amide bonds. The van der Waals surface area contributed by atoms with Gasteiger partial charge in [-0.2, -0.15) is 0 Å². The zero-order chi connectivity index (χ0) is 18.6. The van der Waals surface area contributed by atoms with E-state index in [-0.39, 0.29) is 12.1 Å². The van der Waals surface area contributed by atoms with Crippen LogP contribution < -0.4 is 11.1 Å². The molecule has 0 aliphatic rings. The van der Waals surface area contributed by atoms with Crippen molar-refractivity contribution in [2.24, 2.45) is 5.73 Å². The highest BCUT2D eigenvalue weighted by Crippen LogP contribution is 2.14. The minimum atomic E-state index is -1.33. The summed E-state index contributed by atoms with van der Waals surface area (Å²) in [4.78, 5) is 33.6. The predicted molar refractivity (Wildman–Crippen MR) is 83.6 cm³/mol. The van der Waals surface area contributed by atoms with Gasteiger partial charge < -0.3 is 11.1 Å². The van der Waals surface area contributed by atoms with Gasteiger partial charge in [0.25, 0.3) is 11.6 Å². The summed E-state index contributed by atoms with van der Waals surface area (Å²) in [6.45, 7) is 0. The topological polar surface area (TPSA) is 115 Å². The van der Waals surface area contributed by atoms with E-state index in [9.17, 15) is 28.5 Å². The maximum absolute atomic E-state index is 13.6. The van der Waals surface area contributed by atoms with E-state index >= 15 is 0 Å². The van der Waals surface area contributed by atoms with E-state index in [2.05, 4.69) is 5.32 Å². The van der Waals surface area contributed by atoms with Gasteiger partial charge in [-0.05, 0) is 17.7 Å². The Morgan fingerprint density at radius 1 is 1.16 bits per heavy atom. The summed E-state index contributed by atoms with van der Waals surface area (Å²) < 4.78 is 26.8. The molecule has 0 radical (unpaired) electrons. The van der Waals surface area contributed by atoms with E-state index in [0.29, 0.717) is 5.56 Å². The average molecular weight is 349 g/mol. The van der Waals surface area contributed by atoms with Crippen LogP contribution in [0.2, 0.25) is 0 Å². The molecule has 2 rings (SSSR count). The van der Waals surface area contributed by atoms with Crippen molar-refractivity contribution in [2.45, 2.75) is 12.5 Å². The Labute approximate surface area is 140 Å². The van der Waals surface area contributed by atoms with Gasteiger partial charge in [0, 0.05) is 18.6 Å². The Hall–Kier alpha value is -3.36. The lowest BCUT2D eigenvalue weighted by molar-refractivity contribution is -0.384. The molecular formula is C16H13F2N3O4. The molecule has 2 aromatic rings. The van der Waals surface area contributed by atoms with E-state index in [4.69, 9.17) is 5.73 Å². The van der Waals surface area contributed by atoms with Crippen LogP contribution in [0, 0.1) is 21.7 Å². The summed E-state index contributed by atoms with van der Waals surface area (Å²) in [5.74, 6) is -4.41. The fourth-order valence-corrected chi connectivity index (χ4v) is 2.13. The van der Waals surface area contributed by atoms with Gasteiger partial charge in [-0.15, -0.1) is 0 Å². The Balaban J connectivity index is 2.15. The molecule has 0 aliphatic carbocycles. The molecule has 0 unspecified atom stereocenters. The second-order valence-corrected chi connectivity index (χ2v) is 5.16. The summed E-state index contributed by atoms with van der Waals surface area (Å²) in [5.41, 5.74) is 5.03. The number of nitro groups is 1. The lowest BCUT2D eigenvalue weighted by Gasteiger charge is -2.16. The van der Waals surface area contributed by atoms with Gasteiger partial charge in [0.15, 0.2) is 11.6 Å². The molecular weight excluding hydrogens is 336 g/mol. The van der Waals surface area contributed by atoms with Crippen LogP contribution in [0.5, 0.6) is 0 Å². The van der Waals surface area contributed by atoms with Gasteiger partial charge in [0.2, 0.25) is 5.91 Å². The number of benzene rings is 2. The van der Waals surface area contributed by atoms with Gasteiger partial charge in [0.1, 0.15) is 6.04 Å². The normalized spacial score (nSPS) is 11.6. The van der Waals surface area contributed by atoms with Crippen LogP contribution in [-0.4, -0.2) is 22.8 Å². The second-order valence-electron chi connectivity index (χ2n) is 5.16. The summed E-state index contributed by atoms with van der Waals surface area (Å²) in [6.07, 6.45) is -0.0595. The number of non-ortho nitro benzene ring substituents is 1. The first kappa shape index (κ1) is 18.0. The van der Waals surface area contributed by atoms with Crippen molar-refractivity contribution in [2.75, 3.05) is 0 Å². The highest BCUT2D eigenvalue weighted by Gasteiger charge is 2.22. The van der Waals surface area contributed by atoms with Crippen molar-refractivity contribution in [3.63, 3.8) is 0 Å². The molecule has 0 aromatic heterocycles. The van der Waals surface area contributed by atoms with Gasteiger partial charge in [-0.25, -0.2) is 8.78 Å². The molecule has 0 fully saturated rings. The van der Waals surface area contributed by atoms with Crippen molar-refractivity contribution in [3.8, 4) is 0 Å². The average Bonchev–Trinajstić information content (AvgIpc) is 2.57. The number of hydrogen-bond donors (Lipinski definition) is 2. The molecule has 0 heterocycles. The minimum Gasteiger partial charge on any atom is -0.368 e. The van der Waals surface area contributed by atoms with E-state index < -0.39 is 40.0 Å². The number of rotatable bonds is 6. The number of hydrogen-bond acceptors (Lipinski definition) is 4. The second kappa shape index (κ2) is 7.47. The highest BCUT2D eigenvalue weighted by molar-refractivity contribution is 5.97. The van der Waals surface area contributed by atoms with Crippen LogP contribution in [0.3, 0.4) is 0 Å². The lowest BCUT2D eigenvalue weighted by Crippen LogP contribution is -2.46. The predicted octanol–water partition coefficient (Wildman–Crippen LogP) is 1.70. The van der Waals surface area contributed by atoms with Crippen LogP contribution >= 0.6 is 0 Å². The van der Waals surface area contributed by atoms with Crippen LogP contribution in [0.15, 0.2) is 42.5 Å². The maximum atomic E-state index is 13.6. The van der Waals surface area contributed by atoms with Crippen LogP contribution in [0.4, 0.5) is 14.5 Å². The van der Waals surface area contributed by atoms with E-state index in [0.717, 1.165) is 18.2 Å². The third kappa shape index (κ3) is 4.34. The third-order valence-corrected chi connectivity index (χ3v) is 3.43. The smallest absolute Gasteiger partial charge is 0.269 e. The molecule has 0 spiro atoms. The monoisotopic (exact) mass is 349 g/mol. The van der Waals surface area contributed by atoms with E-state index in [1.807, 2.05) is 0 Å². The zero-order valence-corrected chi connectivity index (χ0v) is 12.7. The van der Waals surface area contributed by atoms with Crippen molar-refractivity contribution in [1.82, 2.24) is 5.32 Å². The van der Waals surface area contributed by atoms with E-state index in [1.54, 1.807) is 0 Å². The van der Waals surface area contributed by atoms with E-state index in [1.165, 1.54) is 24.3 Å². The highest BCUT2D eigenvalue weighted by atomic mass is 19.2. The van der Waals surface area contributed by atoms with Crippen molar-refractivity contribution in [1.29, 1.82) is 0 Å². The number of carbonyl (C=O) groups excluding carboxylic acids is 2. The van der Waals surface area contributed by atoms with Gasteiger partial charge in [0.05, 0.1) is 10.5 Å². The SMILES string of the molecule is NC(=O)[C@@H](Cc1ccc([N+](=O)[O-])cc1)NC(=O)c1cccc(F)c1F. The first-order valence-corrected chi connectivity index (χ1v) is 7.07. The molecule has 0 saturated heterocycles. The molecule has 7 nitrogen and oxygen atoms in total. The van der Waals surface area contributed by atoms with Gasteiger partial charge >= 0.3 is 0 Å². The summed E-state index contributed by atoms with van der Waals surface area (Å²) in [7, 11) is 0. The summed E-state index contributed by atoms with van der Waals surface area (Å²) in [5, 5.41) is 12.8. The molecule has 2 aromatic carbocycles. The largest absolute Gasteiger partial charge is 0.368 e. The van der Waals surface area contributed by atoms with Crippen molar-refractivity contribution >= 4 is 17.5 Å². The van der Waals surface area contributed by atoms with Gasteiger partial charge in [-0.1, -0.05) is 18.2 Å². The Morgan fingerprint density at radius 3 is 2.36 bits per heavy atom. The van der Waals surface area contributed by atoms with Gasteiger partial charge in [-0.3, -0.25) is 19.7 Å². The Morgan fingerprint density at radius 2 is 1.80 bits per heavy atom. The van der Waals surface area contributed by atoms with Crippen molar-refractivity contribution < 1.29 is 23.3 Å². The molecule has 0 bridgehead atoms. The number of carbonyl (C=O) groups is 2. The number of halogens is 2. The number of nitro benzene ring substituents is 1. The van der Waals surface area contributed by atoms with Crippen molar-refractivity contribution in [3.05, 3.63) is 75.3 Å². The fourth-order valence-electron chi connectivity index (χ4n) is 2.13. The molecule has 9 heteroatoms. The fraction of sp³-hybridized carbons (Fsp3) is 0.125. The molecule has 1 atom stereocenters. The quantitative estimate of drug-likeness (QED) is 0.610. The molecule has 0 aliphatic heterocycles. The van der Waals surface area contributed by atoms with Crippen LogP contribution in [-0.2, 0) is 11.2 Å². The minimum absolute atomic E-state index is 0.0595. The standard InChI is InChI=1S/C16H13F2N3O4/c17-12-3-1-2-11(14(12)18)16(23)20-13(15(19)22)8-9-4-6-10(7-5-9)21(24)25/h1-7,13H,8H2,(H2,19,22)(H,20,23)/t13-/m1/s1. The number of nitrogens with two attached hydrogens (primary N) is 1. The van der Waals surface area contributed by atoms with Crippen LogP contribution in [0.1, 0.15) is 15.9 Å². The Kier molecular flexibility index (Phi) is 5.38. The third-order valence-electron chi connectivity index (χ3n) is 3.43. The Bertz CT molecular complexity index is 825. The number of nitrogens with zero attached hydrogens (tertiary/aromatic N) is 1. The number of primary amides is 1. The zero-order valence-electron chi connectivity index (χ0n) is 12.7. The molecule has 0 saturated carbocycles. The first-order chi connectivity index (χ1) is 11.8. The summed E-state index contributed by atoms with van der Waals surface area (Å²) in [6, 6.07) is 7.17. The maximum Gasteiger partial charge on any atom is 0.269 e. The molecule has 25 heavy (non-hydrogen) atoms. The first-order valence-electron chi connectivity index (χ1n) is 7.07. The number of amides is 2. The lowest BCUT2D eigenvalue weighted by atomic mass is 10.0. The molecule has 3 N–H and O–H groups in total. The molecule has 130 valence electrons.